The number of aromatic amines is 2. The number of nitrogens with two attached hydrogens (primary N) is 1. The predicted molar refractivity (Wildman–Crippen MR) is 57.2 cm³/mol. The third kappa shape index (κ3) is 1.58. The van der Waals surface area contributed by atoms with Gasteiger partial charge in [-0.3, -0.25) is 0 Å². The van der Waals surface area contributed by atoms with Crippen LogP contribution >= 0.6 is 0 Å². The first-order chi connectivity index (χ1) is 8.34. The van der Waals surface area contributed by atoms with Gasteiger partial charge in [0.25, 0.3) is 0 Å². The number of tetrazole rings is 2. The smallest absolute Gasteiger partial charge is 0.205 e. The Kier molecular flexibility index (Phi) is 2.00. The summed E-state index contributed by atoms with van der Waals surface area (Å²) in [6.07, 6.45) is 0. The van der Waals surface area contributed by atoms with Crippen LogP contribution in [0.5, 0.6) is 0 Å². The zero-order chi connectivity index (χ0) is 11.7. The van der Waals surface area contributed by atoms with Crippen molar-refractivity contribution in [2.24, 2.45) is 0 Å². The highest BCUT2D eigenvalue weighted by Crippen LogP contribution is 2.28. The molecule has 17 heavy (non-hydrogen) atoms. The minimum Gasteiger partial charge on any atom is -0.399 e. The molecule has 0 fully saturated rings. The van der Waals surface area contributed by atoms with Gasteiger partial charge in [-0.05, 0) is 28.6 Å². The number of nitrogens with one attached hydrogen (secondary N) is 2. The average molecular weight is 229 g/mol. The van der Waals surface area contributed by atoms with Gasteiger partial charge >= 0.3 is 0 Å². The molecule has 0 spiro atoms. The Bertz CT molecular complexity index is 613. The maximum atomic E-state index is 5.74. The lowest BCUT2D eigenvalue weighted by Gasteiger charge is -2.03. The molecule has 3 rings (SSSR count). The second-order valence-electron chi connectivity index (χ2n) is 3.28. The zero-order valence-electron chi connectivity index (χ0n) is 8.49. The summed E-state index contributed by atoms with van der Waals surface area (Å²) in [7, 11) is 0. The molecule has 9 heteroatoms. The van der Waals surface area contributed by atoms with Gasteiger partial charge in [0.2, 0.25) is 11.6 Å². The Morgan fingerprint density at radius 1 is 0.882 bits per heavy atom. The summed E-state index contributed by atoms with van der Waals surface area (Å²) < 4.78 is 0. The van der Waals surface area contributed by atoms with Crippen LogP contribution in [0, 0.1) is 0 Å². The van der Waals surface area contributed by atoms with Crippen molar-refractivity contribution in [1.82, 2.24) is 41.2 Å². The Hall–Kier alpha value is -2.84. The highest BCUT2D eigenvalue weighted by atomic mass is 15.5. The number of hydrogen-bond donors (Lipinski definition) is 3. The minimum atomic E-state index is 0.428. The second kappa shape index (κ2) is 3.63. The molecule has 3 aromatic rings. The number of aromatic nitrogens is 8. The molecular weight excluding hydrogens is 222 g/mol. The number of hydrogen-bond acceptors (Lipinski definition) is 7. The van der Waals surface area contributed by atoms with Gasteiger partial charge in [0.05, 0.1) is 0 Å². The van der Waals surface area contributed by atoms with E-state index in [0.717, 1.165) is 5.56 Å². The van der Waals surface area contributed by atoms with Gasteiger partial charge in [0.1, 0.15) is 0 Å². The molecule has 1 aromatic carbocycles. The summed E-state index contributed by atoms with van der Waals surface area (Å²) in [6, 6.07) is 5.26. The maximum absolute atomic E-state index is 5.74. The molecule has 84 valence electrons. The molecule has 0 unspecified atom stereocenters. The number of nitrogens with zero attached hydrogens (tertiary/aromatic N) is 6. The van der Waals surface area contributed by atoms with Crippen LogP contribution in [0.2, 0.25) is 0 Å². The highest BCUT2D eigenvalue weighted by Gasteiger charge is 2.14. The van der Waals surface area contributed by atoms with Gasteiger partial charge in [-0.1, -0.05) is 0 Å². The van der Waals surface area contributed by atoms with Crippen molar-refractivity contribution >= 4 is 5.69 Å². The minimum absolute atomic E-state index is 0.428. The van der Waals surface area contributed by atoms with Crippen molar-refractivity contribution < 1.29 is 0 Å². The number of H-pyrrole nitrogens is 2. The van der Waals surface area contributed by atoms with E-state index in [0.29, 0.717) is 22.9 Å². The summed E-state index contributed by atoms with van der Waals surface area (Å²) in [5, 5.41) is 27.4. The van der Waals surface area contributed by atoms with Gasteiger partial charge in [0, 0.05) is 16.8 Å². The number of rotatable bonds is 2. The molecule has 0 amide bonds. The Morgan fingerprint density at radius 2 is 1.53 bits per heavy atom. The van der Waals surface area contributed by atoms with E-state index in [-0.39, 0.29) is 0 Å². The third-order valence-corrected chi connectivity index (χ3v) is 2.22. The summed E-state index contributed by atoms with van der Waals surface area (Å²) in [6.45, 7) is 0. The fourth-order valence-corrected chi connectivity index (χ4v) is 1.49. The van der Waals surface area contributed by atoms with Gasteiger partial charge in [-0.2, -0.15) is 10.4 Å². The van der Waals surface area contributed by atoms with Crippen molar-refractivity contribution in [2.45, 2.75) is 0 Å². The first-order valence-corrected chi connectivity index (χ1v) is 4.72. The third-order valence-electron chi connectivity index (χ3n) is 2.22. The predicted octanol–water partition coefficient (Wildman–Crippen LogP) is -0.371. The fourth-order valence-electron chi connectivity index (χ4n) is 1.49. The molecule has 0 saturated carbocycles. The van der Waals surface area contributed by atoms with Crippen LogP contribution in [-0.2, 0) is 0 Å². The Labute approximate surface area is 94.4 Å². The first kappa shape index (κ1) is 9.39. The molecule has 0 atom stereocenters. The monoisotopic (exact) mass is 229 g/mol. The molecule has 2 aromatic heterocycles. The summed E-state index contributed by atoms with van der Waals surface area (Å²) in [4.78, 5) is 0. The van der Waals surface area contributed by atoms with Gasteiger partial charge < -0.3 is 5.73 Å². The SMILES string of the molecule is Nc1ccc(-c2nn[nH]n2)c(-c2nn[nH]n2)c1. The molecule has 0 aliphatic heterocycles. The van der Waals surface area contributed by atoms with Crippen molar-refractivity contribution in [1.29, 1.82) is 0 Å². The number of anilines is 1. The van der Waals surface area contributed by atoms with Crippen molar-refractivity contribution in [3.63, 3.8) is 0 Å². The molecule has 0 aliphatic rings. The average Bonchev–Trinajstić information content (AvgIpc) is 3.02. The molecule has 2 heterocycles. The van der Waals surface area contributed by atoms with Crippen LogP contribution in [0.25, 0.3) is 22.8 Å². The lowest BCUT2D eigenvalue weighted by Crippen LogP contribution is -1.92. The molecule has 4 N–H and O–H groups in total. The molecule has 0 bridgehead atoms. The van der Waals surface area contributed by atoms with Crippen molar-refractivity contribution in [2.75, 3.05) is 5.73 Å². The Morgan fingerprint density at radius 3 is 2.12 bits per heavy atom. The number of benzene rings is 1. The van der Waals surface area contributed by atoms with E-state index in [9.17, 15) is 0 Å². The summed E-state index contributed by atoms with van der Waals surface area (Å²) >= 11 is 0. The van der Waals surface area contributed by atoms with Crippen LogP contribution in [-0.4, -0.2) is 41.2 Å². The summed E-state index contributed by atoms with van der Waals surface area (Å²) in [5.74, 6) is 0.877. The quantitative estimate of drug-likeness (QED) is 0.510. The van der Waals surface area contributed by atoms with Crippen LogP contribution in [0.4, 0.5) is 5.69 Å². The van der Waals surface area contributed by atoms with Gasteiger partial charge in [0.15, 0.2) is 0 Å². The topological polar surface area (TPSA) is 135 Å². The fraction of sp³-hybridized carbons (Fsp3) is 0. The Balaban J connectivity index is 2.22. The maximum Gasteiger partial charge on any atom is 0.205 e. The molecular formula is C8H7N9. The normalized spacial score (nSPS) is 10.6. The number of nitrogen functional groups attached to an aromatic ring is 1. The van der Waals surface area contributed by atoms with E-state index in [1.54, 1.807) is 18.2 Å². The standard InChI is InChI=1S/C8H7N9/c9-4-1-2-5(7-10-14-15-11-7)6(3-4)8-12-16-17-13-8/h1-3H,9H2,(H,10,11,14,15)(H,12,13,16,17). The highest BCUT2D eigenvalue weighted by molar-refractivity contribution is 5.79. The lowest BCUT2D eigenvalue weighted by molar-refractivity contribution is 0.881. The van der Waals surface area contributed by atoms with E-state index in [1.165, 1.54) is 0 Å². The van der Waals surface area contributed by atoms with E-state index < -0.39 is 0 Å². The van der Waals surface area contributed by atoms with Crippen molar-refractivity contribution in [3.8, 4) is 22.8 Å². The van der Waals surface area contributed by atoms with Crippen molar-refractivity contribution in [3.05, 3.63) is 18.2 Å². The molecule has 9 nitrogen and oxygen atoms in total. The molecule has 0 saturated heterocycles. The van der Waals surface area contributed by atoms with Gasteiger partial charge in [-0.15, -0.1) is 20.4 Å². The molecule has 0 aliphatic carbocycles. The van der Waals surface area contributed by atoms with Crippen LogP contribution in [0.15, 0.2) is 18.2 Å². The summed E-state index contributed by atoms with van der Waals surface area (Å²) in [5.41, 5.74) is 7.76. The largest absolute Gasteiger partial charge is 0.399 e. The lowest BCUT2D eigenvalue weighted by atomic mass is 10.1. The van der Waals surface area contributed by atoms with E-state index in [1.807, 2.05) is 0 Å². The van der Waals surface area contributed by atoms with Crippen LogP contribution in [0.3, 0.4) is 0 Å². The van der Waals surface area contributed by atoms with Gasteiger partial charge in [-0.25, -0.2) is 0 Å². The second-order valence-corrected chi connectivity index (χ2v) is 3.28. The molecule has 0 radical (unpaired) electrons. The van der Waals surface area contributed by atoms with E-state index in [2.05, 4.69) is 41.2 Å². The van der Waals surface area contributed by atoms with Crippen LogP contribution < -0.4 is 5.73 Å². The van der Waals surface area contributed by atoms with Crippen LogP contribution in [0.1, 0.15) is 0 Å². The van der Waals surface area contributed by atoms with E-state index in [4.69, 9.17) is 5.73 Å². The van der Waals surface area contributed by atoms with E-state index >= 15 is 0 Å². The zero-order valence-corrected chi connectivity index (χ0v) is 8.49. The first-order valence-electron chi connectivity index (χ1n) is 4.72.